The minimum Gasteiger partial charge on any atom is -0.497 e. The summed E-state index contributed by atoms with van der Waals surface area (Å²) in [5, 5.41) is 0. The standard InChI is InChI=1S/C18H24N2O3S/c1-3-16(21)19-9-7-18(8-10-19)20(11-12-24-18)17(22)14-5-4-6-15(13-14)23-2/h4-6,13H,3,7-12H2,1-2H3. The zero-order valence-electron chi connectivity index (χ0n) is 14.3. The zero-order valence-corrected chi connectivity index (χ0v) is 15.1. The summed E-state index contributed by atoms with van der Waals surface area (Å²) in [4.78, 5) is 28.7. The first-order valence-corrected chi connectivity index (χ1v) is 9.46. The number of likely N-dealkylation sites (tertiary alicyclic amines) is 1. The van der Waals surface area contributed by atoms with E-state index in [1.54, 1.807) is 13.2 Å². The molecule has 0 aliphatic carbocycles. The van der Waals surface area contributed by atoms with Crippen molar-refractivity contribution in [2.24, 2.45) is 0 Å². The molecule has 0 radical (unpaired) electrons. The number of rotatable bonds is 3. The largest absolute Gasteiger partial charge is 0.497 e. The molecule has 1 aromatic carbocycles. The highest BCUT2D eigenvalue weighted by Crippen LogP contribution is 2.44. The first-order valence-electron chi connectivity index (χ1n) is 8.47. The summed E-state index contributed by atoms with van der Waals surface area (Å²) in [6.45, 7) is 4.14. The normalized spacial score (nSPS) is 19.6. The van der Waals surface area contributed by atoms with Crippen molar-refractivity contribution in [3.05, 3.63) is 29.8 Å². The number of amides is 2. The summed E-state index contributed by atoms with van der Waals surface area (Å²) >= 11 is 1.86. The van der Waals surface area contributed by atoms with E-state index in [2.05, 4.69) is 0 Å². The molecule has 0 saturated carbocycles. The van der Waals surface area contributed by atoms with Crippen LogP contribution in [0.4, 0.5) is 0 Å². The molecule has 5 nitrogen and oxygen atoms in total. The highest BCUT2D eigenvalue weighted by Gasteiger charge is 2.46. The number of benzene rings is 1. The van der Waals surface area contributed by atoms with Gasteiger partial charge in [0.25, 0.3) is 5.91 Å². The van der Waals surface area contributed by atoms with Crippen LogP contribution >= 0.6 is 11.8 Å². The van der Waals surface area contributed by atoms with Gasteiger partial charge >= 0.3 is 0 Å². The molecule has 2 amide bonds. The van der Waals surface area contributed by atoms with Crippen LogP contribution in [0.25, 0.3) is 0 Å². The monoisotopic (exact) mass is 348 g/mol. The van der Waals surface area contributed by atoms with Crippen molar-refractivity contribution in [3.63, 3.8) is 0 Å². The molecule has 1 aromatic rings. The van der Waals surface area contributed by atoms with Gasteiger partial charge in [0, 0.05) is 37.4 Å². The van der Waals surface area contributed by atoms with Crippen LogP contribution in [0.1, 0.15) is 36.5 Å². The number of thioether (sulfide) groups is 1. The molecule has 0 bridgehead atoms. The van der Waals surface area contributed by atoms with E-state index in [0.717, 1.165) is 38.2 Å². The number of nitrogens with zero attached hydrogens (tertiary/aromatic N) is 2. The van der Waals surface area contributed by atoms with Crippen LogP contribution in [0.15, 0.2) is 24.3 Å². The Kier molecular flexibility index (Phi) is 5.04. The second kappa shape index (κ2) is 7.05. The molecule has 2 aliphatic heterocycles. The Bertz CT molecular complexity index is 626. The van der Waals surface area contributed by atoms with E-state index in [1.165, 1.54) is 0 Å². The van der Waals surface area contributed by atoms with Gasteiger partial charge in [-0.05, 0) is 31.0 Å². The number of ether oxygens (including phenoxy) is 1. The van der Waals surface area contributed by atoms with Crippen LogP contribution in [0.2, 0.25) is 0 Å². The Hall–Kier alpha value is -1.69. The predicted molar refractivity (Wildman–Crippen MR) is 95.3 cm³/mol. The van der Waals surface area contributed by atoms with Crippen molar-refractivity contribution < 1.29 is 14.3 Å². The van der Waals surface area contributed by atoms with Crippen LogP contribution in [-0.4, -0.2) is 59.0 Å². The SMILES string of the molecule is CCC(=O)N1CCC2(CC1)SCCN2C(=O)c1cccc(OC)c1. The molecule has 2 saturated heterocycles. The Morgan fingerprint density at radius 3 is 2.67 bits per heavy atom. The van der Waals surface area contributed by atoms with Crippen molar-refractivity contribution in [1.29, 1.82) is 0 Å². The number of hydrogen-bond acceptors (Lipinski definition) is 4. The smallest absolute Gasteiger partial charge is 0.255 e. The van der Waals surface area contributed by atoms with Gasteiger partial charge in [-0.1, -0.05) is 13.0 Å². The van der Waals surface area contributed by atoms with Crippen molar-refractivity contribution in [2.75, 3.05) is 32.5 Å². The molecule has 2 heterocycles. The van der Waals surface area contributed by atoms with Crippen LogP contribution in [0, 0.1) is 0 Å². The first kappa shape index (κ1) is 17.1. The van der Waals surface area contributed by atoms with E-state index in [1.807, 2.05) is 46.7 Å². The van der Waals surface area contributed by atoms with Crippen LogP contribution < -0.4 is 4.74 Å². The lowest BCUT2D eigenvalue weighted by Gasteiger charge is -2.44. The quantitative estimate of drug-likeness (QED) is 0.842. The fourth-order valence-electron chi connectivity index (χ4n) is 3.55. The van der Waals surface area contributed by atoms with Crippen molar-refractivity contribution in [2.45, 2.75) is 31.1 Å². The lowest BCUT2D eigenvalue weighted by Crippen LogP contribution is -2.53. The van der Waals surface area contributed by atoms with Gasteiger partial charge in [0.2, 0.25) is 5.91 Å². The lowest BCUT2D eigenvalue weighted by atomic mass is 10.0. The average Bonchev–Trinajstić information content (AvgIpc) is 3.04. The number of methoxy groups -OCH3 is 1. The Morgan fingerprint density at radius 2 is 2.00 bits per heavy atom. The topological polar surface area (TPSA) is 49.9 Å². The second-order valence-electron chi connectivity index (χ2n) is 6.22. The van der Waals surface area contributed by atoms with Crippen molar-refractivity contribution >= 4 is 23.6 Å². The maximum absolute atomic E-state index is 13.0. The molecule has 0 aromatic heterocycles. The molecule has 2 aliphatic rings. The molecule has 6 heteroatoms. The van der Waals surface area contributed by atoms with E-state index in [0.29, 0.717) is 17.7 Å². The minimum atomic E-state index is -0.162. The van der Waals surface area contributed by atoms with E-state index >= 15 is 0 Å². The van der Waals surface area contributed by atoms with Crippen LogP contribution in [0.5, 0.6) is 5.75 Å². The number of carbonyl (C=O) groups is 2. The van der Waals surface area contributed by atoms with Crippen molar-refractivity contribution in [1.82, 2.24) is 9.80 Å². The molecule has 24 heavy (non-hydrogen) atoms. The van der Waals surface area contributed by atoms with Crippen molar-refractivity contribution in [3.8, 4) is 5.75 Å². The average molecular weight is 348 g/mol. The third kappa shape index (κ3) is 3.11. The summed E-state index contributed by atoms with van der Waals surface area (Å²) in [6, 6.07) is 7.34. The van der Waals surface area contributed by atoms with Crippen LogP contribution in [-0.2, 0) is 4.79 Å². The number of hydrogen-bond donors (Lipinski definition) is 0. The zero-order chi connectivity index (χ0) is 17.2. The number of piperidine rings is 1. The summed E-state index contributed by atoms with van der Waals surface area (Å²) < 4.78 is 5.24. The fourth-order valence-corrected chi connectivity index (χ4v) is 5.01. The molecule has 130 valence electrons. The summed E-state index contributed by atoms with van der Waals surface area (Å²) in [5.41, 5.74) is 0.670. The highest BCUT2D eigenvalue weighted by molar-refractivity contribution is 8.00. The van der Waals surface area contributed by atoms with E-state index in [9.17, 15) is 9.59 Å². The van der Waals surface area contributed by atoms with Gasteiger partial charge < -0.3 is 14.5 Å². The first-order chi connectivity index (χ1) is 11.6. The molecule has 3 rings (SSSR count). The maximum atomic E-state index is 13.0. The molecular weight excluding hydrogens is 324 g/mol. The minimum absolute atomic E-state index is 0.0640. The molecule has 0 atom stereocenters. The highest BCUT2D eigenvalue weighted by atomic mass is 32.2. The lowest BCUT2D eigenvalue weighted by molar-refractivity contribution is -0.132. The third-order valence-corrected chi connectivity index (χ3v) is 6.49. The van der Waals surface area contributed by atoms with E-state index < -0.39 is 0 Å². The summed E-state index contributed by atoms with van der Waals surface area (Å²) in [6.07, 6.45) is 2.24. The third-order valence-electron chi connectivity index (χ3n) is 4.94. The van der Waals surface area contributed by atoms with Gasteiger partial charge in [-0.3, -0.25) is 9.59 Å². The van der Waals surface area contributed by atoms with E-state index in [4.69, 9.17) is 4.74 Å². The Morgan fingerprint density at radius 1 is 1.25 bits per heavy atom. The molecular formula is C18H24N2O3S. The van der Waals surface area contributed by atoms with Crippen LogP contribution in [0.3, 0.4) is 0 Å². The molecule has 2 fully saturated rings. The fraction of sp³-hybridized carbons (Fsp3) is 0.556. The predicted octanol–water partition coefficient (Wildman–Crippen LogP) is 2.61. The van der Waals surface area contributed by atoms with Gasteiger partial charge in [-0.15, -0.1) is 11.8 Å². The van der Waals surface area contributed by atoms with Gasteiger partial charge in [-0.25, -0.2) is 0 Å². The summed E-state index contributed by atoms with van der Waals surface area (Å²) in [7, 11) is 1.61. The molecule has 1 spiro atoms. The maximum Gasteiger partial charge on any atom is 0.255 e. The van der Waals surface area contributed by atoms with Gasteiger partial charge in [0.05, 0.1) is 12.0 Å². The Balaban J connectivity index is 1.76. The molecule has 0 N–H and O–H groups in total. The summed E-state index contributed by atoms with van der Waals surface area (Å²) in [5.74, 6) is 1.93. The molecule has 0 unspecified atom stereocenters. The van der Waals surface area contributed by atoms with Gasteiger partial charge in [0.1, 0.15) is 5.75 Å². The second-order valence-corrected chi connectivity index (χ2v) is 7.67. The van der Waals surface area contributed by atoms with Gasteiger partial charge in [0.15, 0.2) is 0 Å². The Labute approximate surface area is 147 Å². The van der Waals surface area contributed by atoms with E-state index in [-0.39, 0.29) is 16.7 Å². The van der Waals surface area contributed by atoms with Gasteiger partial charge in [-0.2, -0.15) is 0 Å². The number of carbonyl (C=O) groups excluding carboxylic acids is 2.